The Balaban J connectivity index is 1.95. The monoisotopic (exact) mass is 248 g/mol. The number of pyridine rings is 1. The summed E-state index contributed by atoms with van der Waals surface area (Å²) in [6.45, 7) is 4.51. The Kier molecular flexibility index (Phi) is 3.84. The Labute approximate surface area is 107 Å². The Morgan fingerprint density at radius 3 is 2.67 bits per heavy atom. The van der Waals surface area contributed by atoms with E-state index in [0.29, 0.717) is 11.5 Å². The number of hydrogen-bond donors (Lipinski definition) is 2. The van der Waals surface area contributed by atoms with Gasteiger partial charge in [0.2, 0.25) is 5.56 Å². The second kappa shape index (κ2) is 5.38. The molecule has 1 aliphatic carbocycles. The number of rotatable bonds is 2. The van der Waals surface area contributed by atoms with Gasteiger partial charge in [0.1, 0.15) is 0 Å². The van der Waals surface area contributed by atoms with E-state index in [1.54, 1.807) is 6.07 Å². The predicted octanol–water partition coefficient (Wildman–Crippen LogP) is 1.93. The van der Waals surface area contributed by atoms with Gasteiger partial charge in [-0.05, 0) is 37.2 Å². The molecule has 3 unspecified atom stereocenters. The second-order valence-electron chi connectivity index (χ2n) is 5.38. The number of H-pyrrole nitrogens is 1. The topological polar surface area (TPSA) is 62.0 Å². The lowest BCUT2D eigenvalue weighted by Gasteiger charge is -2.32. The van der Waals surface area contributed by atoms with Crippen LogP contribution in [0.4, 0.5) is 0 Å². The maximum Gasteiger partial charge on any atom is 0.252 e. The van der Waals surface area contributed by atoms with Crippen LogP contribution in [-0.2, 0) is 0 Å². The van der Waals surface area contributed by atoms with Crippen LogP contribution in [0.1, 0.15) is 43.5 Å². The van der Waals surface area contributed by atoms with Crippen molar-refractivity contribution in [2.45, 2.75) is 39.2 Å². The molecule has 1 saturated carbocycles. The zero-order valence-electron chi connectivity index (χ0n) is 10.9. The van der Waals surface area contributed by atoms with Gasteiger partial charge in [-0.2, -0.15) is 0 Å². The molecule has 4 nitrogen and oxygen atoms in total. The zero-order chi connectivity index (χ0) is 13.1. The van der Waals surface area contributed by atoms with Gasteiger partial charge in [0.15, 0.2) is 0 Å². The van der Waals surface area contributed by atoms with Crippen molar-refractivity contribution >= 4 is 5.91 Å². The molecule has 1 aliphatic rings. The summed E-state index contributed by atoms with van der Waals surface area (Å²) in [6, 6.07) is 3.19. The molecule has 2 N–H and O–H groups in total. The predicted molar refractivity (Wildman–Crippen MR) is 70.5 cm³/mol. The third-order valence-corrected chi connectivity index (χ3v) is 3.98. The van der Waals surface area contributed by atoms with E-state index in [1.165, 1.54) is 12.3 Å². The van der Waals surface area contributed by atoms with Gasteiger partial charge >= 0.3 is 0 Å². The Morgan fingerprint density at radius 2 is 2.06 bits per heavy atom. The van der Waals surface area contributed by atoms with E-state index in [1.807, 2.05) is 0 Å². The minimum atomic E-state index is -0.188. The fourth-order valence-electron chi connectivity index (χ4n) is 2.50. The van der Waals surface area contributed by atoms with Crippen LogP contribution in [0, 0.1) is 11.8 Å². The fourth-order valence-corrected chi connectivity index (χ4v) is 2.50. The Hall–Kier alpha value is -1.58. The van der Waals surface area contributed by atoms with Crippen molar-refractivity contribution in [3.63, 3.8) is 0 Å². The van der Waals surface area contributed by atoms with Crippen molar-refractivity contribution in [3.05, 3.63) is 34.2 Å². The maximum atomic E-state index is 12.0. The fraction of sp³-hybridized carbons (Fsp3) is 0.571. The lowest BCUT2D eigenvalue weighted by Crippen LogP contribution is -2.40. The first-order valence-electron chi connectivity index (χ1n) is 6.56. The van der Waals surface area contributed by atoms with Gasteiger partial charge in [-0.25, -0.2) is 0 Å². The van der Waals surface area contributed by atoms with Crippen LogP contribution >= 0.6 is 0 Å². The number of aromatic nitrogens is 1. The van der Waals surface area contributed by atoms with Crippen molar-refractivity contribution in [2.24, 2.45) is 11.8 Å². The Morgan fingerprint density at radius 1 is 1.28 bits per heavy atom. The van der Waals surface area contributed by atoms with Crippen LogP contribution in [0.25, 0.3) is 0 Å². The molecule has 0 spiro atoms. The molecule has 98 valence electrons. The molecule has 0 aromatic carbocycles. The second-order valence-corrected chi connectivity index (χ2v) is 5.38. The molecule has 0 bridgehead atoms. The standard InChI is InChI=1S/C14H20N2O2/c1-9-3-5-12(7-10(9)2)16-14(18)11-4-6-13(17)15-8-11/h4,6,8-10,12H,3,5,7H2,1-2H3,(H,15,17)(H,16,18). The van der Waals surface area contributed by atoms with Gasteiger partial charge in [-0.15, -0.1) is 0 Å². The summed E-state index contributed by atoms with van der Waals surface area (Å²) >= 11 is 0. The SMILES string of the molecule is CC1CCC(NC(=O)c2ccc(=O)[nH]c2)CC1C. The van der Waals surface area contributed by atoms with Crippen LogP contribution in [0.3, 0.4) is 0 Å². The summed E-state index contributed by atoms with van der Waals surface area (Å²) in [4.78, 5) is 25.4. The van der Waals surface area contributed by atoms with Crippen LogP contribution in [0.2, 0.25) is 0 Å². The number of amides is 1. The van der Waals surface area contributed by atoms with Crippen molar-refractivity contribution in [3.8, 4) is 0 Å². The van der Waals surface area contributed by atoms with Gasteiger partial charge in [-0.3, -0.25) is 9.59 Å². The van der Waals surface area contributed by atoms with Crippen LogP contribution in [0.5, 0.6) is 0 Å². The molecule has 0 radical (unpaired) electrons. The normalized spacial score (nSPS) is 27.8. The first-order valence-corrected chi connectivity index (χ1v) is 6.56. The molecule has 1 heterocycles. The molecule has 18 heavy (non-hydrogen) atoms. The maximum absolute atomic E-state index is 12.0. The van der Waals surface area contributed by atoms with Crippen LogP contribution in [-0.4, -0.2) is 16.9 Å². The molecule has 0 saturated heterocycles. The molecule has 1 amide bonds. The highest BCUT2D eigenvalue weighted by Crippen LogP contribution is 2.29. The number of carbonyl (C=O) groups excluding carboxylic acids is 1. The smallest absolute Gasteiger partial charge is 0.252 e. The number of hydrogen-bond acceptors (Lipinski definition) is 2. The summed E-state index contributed by atoms with van der Waals surface area (Å²) in [5, 5.41) is 3.04. The molecule has 3 atom stereocenters. The van der Waals surface area contributed by atoms with E-state index in [9.17, 15) is 9.59 Å². The Bertz CT molecular complexity index is 460. The van der Waals surface area contributed by atoms with Crippen LogP contribution < -0.4 is 10.9 Å². The third-order valence-electron chi connectivity index (χ3n) is 3.98. The molecule has 1 aromatic heterocycles. The minimum absolute atomic E-state index is 0.0991. The highest BCUT2D eigenvalue weighted by atomic mass is 16.2. The van der Waals surface area contributed by atoms with E-state index < -0.39 is 0 Å². The molecule has 2 rings (SSSR count). The van der Waals surface area contributed by atoms with Gasteiger partial charge in [0, 0.05) is 18.3 Å². The summed E-state index contributed by atoms with van der Waals surface area (Å²) in [6.07, 6.45) is 4.71. The van der Waals surface area contributed by atoms with E-state index in [0.717, 1.165) is 25.2 Å². The summed E-state index contributed by atoms with van der Waals surface area (Å²) in [5.74, 6) is 1.30. The van der Waals surface area contributed by atoms with Gasteiger partial charge in [-0.1, -0.05) is 13.8 Å². The largest absolute Gasteiger partial charge is 0.349 e. The minimum Gasteiger partial charge on any atom is -0.349 e. The molecule has 0 aliphatic heterocycles. The van der Waals surface area contributed by atoms with Crippen molar-refractivity contribution in [1.82, 2.24) is 10.3 Å². The average molecular weight is 248 g/mol. The van der Waals surface area contributed by atoms with E-state index in [2.05, 4.69) is 24.1 Å². The molecule has 1 fully saturated rings. The number of carbonyl (C=O) groups is 1. The number of aromatic amines is 1. The van der Waals surface area contributed by atoms with E-state index in [4.69, 9.17) is 0 Å². The molecule has 4 heteroatoms. The van der Waals surface area contributed by atoms with Crippen molar-refractivity contribution in [1.29, 1.82) is 0 Å². The quantitative estimate of drug-likeness (QED) is 0.840. The van der Waals surface area contributed by atoms with E-state index >= 15 is 0 Å². The lowest BCUT2D eigenvalue weighted by molar-refractivity contribution is 0.0910. The molecule has 1 aromatic rings. The summed E-state index contributed by atoms with van der Waals surface area (Å²) in [7, 11) is 0. The van der Waals surface area contributed by atoms with Crippen LogP contribution in [0.15, 0.2) is 23.1 Å². The van der Waals surface area contributed by atoms with Crippen molar-refractivity contribution in [2.75, 3.05) is 0 Å². The first kappa shape index (κ1) is 12.9. The summed E-state index contributed by atoms with van der Waals surface area (Å²) in [5.41, 5.74) is 0.326. The zero-order valence-corrected chi connectivity index (χ0v) is 10.9. The highest BCUT2D eigenvalue weighted by Gasteiger charge is 2.25. The highest BCUT2D eigenvalue weighted by molar-refractivity contribution is 5.93. The van der Waals surface area contributed by atoms with Gasteiger partial charge in [0.05, 0.1) is 5.56 Å². The third kappa shape index (κ3) is 3.00. The lowest BCUT2D eigenvalue weighted by atomic mass is 9.79. The van der Waals surface area contributed by atoms with Gasteiger partial charge in [0.25, 0.3) is 5.91 Å². The van der Waals surface area contributed by atoms with Crippen molar-refractivity contribution < 1.29 is 4.79 Å². The first-order chi connectivity index (χ1) is 8.56. The van der Waals surface area contributed by atoms with E-state index in [-0.39, 0.29) is 17.5 Å². The molecular weight excluding hydrogens is 228 g/mol. The summed E-state index contributed by atoms with van der Waals surface area (Å²) < 4.78 is 0. The number of nitrogens with one attached hydrogen (secondary N) is 2. The average Bonchev–Trinajstić information content (AvgIpc) is 2.34. The van der Waals surface area contributed by atoms with Gasteiger partial charge < -0.3 is 10.3 Å². The molecular formula is C14H20N2O2.